The topological polar surface area (TPSA) is 48.7 Å². The minimum Gasteiger partial charge on any atom is -0.496 e. The van der Waals surface area contributed by atoms with Crippen molar-refractivity contribution in [2.45, 2.75) is 18.8 Å². The van der Waals surface area contributed by atoms with Crippen molar-refractivity contribution in [3.8, 4) is 22.8 Å². The lowest BCUT2D eigenvalue weighted by Gasteiger charge is -2.15. The zero-order chi connectivity index (χ0) is 16.7. The van der Waals surface area contributed by atoms with Crippen molar-refractivity contribution in [1.82, 2.24) is 0 Å². The Balaban J connectivity index is 1.92. The van der Waals surface area contributed by atoms with E-state index < -0.39 is 0 Å². The van der Waals surface area contributed by atoms with Crippen LogP contribution in [0.25, 0.3) is 22.3 Å². The zero-order valence-corrected chi connectivity index (χ0v) is 13.7. The molecule has 1 aliphatic carbocycles. The highest BCUT2D eigenvalue weighted by Gasteiger charge is 2.31. The molecule has 1 saturated carbocycles. The molecule has 4 rings (SSSR count). The number of rotatable bonds is 4. The first-order valence-corrected chi connectivity index (χ1v) is 8.00. The van der Waals surface area contributed by atoms with Gasteiger partial charge in [0.1, 0.15) is 22.8 Å². The van der Waals surface area contributed by atoms with E-state index in [2.05, 4.69) is 0 Å². The Bertz CT molecular complexity index is 942. The maximum atomic E-state index is 12.3. The first kappa shape index (κ1) is 14.8. The van der Waals surface area contributed by atoms with Crippen molar-refractivity contribution < 1.29 is 13.9 Å². The van der Waals surface area contributed by atoms with Crippen molar-refractivity contribution >= 4 is 11.0 Å². The number of hydrogen-bond acceptors (Lipinski definition) is 4. The van der Waals surface area contributed by atoms with Gasteiger partial charge in [-0.15, -0.1) is 0 Å². The number of hydrogen-bond donors (Lipinski definition) is 0. The van der Waals surface area contributed by atoms with Crippen LogP contribution in [-0.4, -0.2) is 14.2 Å². The van der Waals surface area contributed by atoms with Crippen LogP contribution in [0.5, 0.6) is 11.5 Å². The van der Waals surface area contributed by atoms with Crippen LogP contribution >= 0.6 is 0 Å². The molecule has 4 heteroatoms. The SMILES string of the molecule is COc1cc(-c2cc(=O)c3ccccc3o2)cc(OC)c1C1CC1. The Kier molecular flexibility index (Phi) is 3.53. The molecular formula is C20H18O4. The molecule has 122 valence electrons. The Morgan fingerprint density at radius 2 is 1.67 bits per heavy atom. The minimum absolute atomic E-state index is 0.0592. The smallest absolute Gasteiger partial charge is 0.193 e. The second-order valence-electron chi connectivity index (χ2n) is 6.04. The Morgan fingerprint density at radius 1 is 1.00 bits per heavy atom. The Morgan fingerprint density at radius 3 is 2.29 bits per heavy atom. The number of ether oxygens (including phenoxy) is 2. The van der Waals surface area contributed by atoms with Crippen LogP contribution in [0.4, 0.5) is 0 Å². The second-order valence-corrected chi connectivity index (χ2v) is 6.04. The summed E-state index contributed by atoms with van der Waals surface area (Å²) in [4.78, 5) is 12.3. The fourth-order valence-electron chi connectivity index (χ4n) is 3.10. The van der Waals surface area contributed by atoms with Crippen LogP contribution in [0.15, 0.2) is 51.7 Å². The summed E-state index contributed by atoms with van der Waals surface area (Å²) in [6, 6.07) is 12.6. The van der Waals surface area contributed by atoms with Gasteiger partial charge in [-0.3, -0.25) is 4.79 Å². The fourth-order valence-corrected chi connectivity index (χ4v) is 3.10. The first-order valence-electron chi connectivity index (χ1n) is 8.00. The molecule has 2 aromatic carbocycles. The number of benzene rings is 2. The molecular weight excluding hydrogens is 304 g/mol. The summed E-state index contributed by atoms with van der Waals surface area (Å²) in [7, 11) is 3.31. The third kappa shape index (κ3) is 2.44. The van der Waals surface area contributed by atoms with Gasteiger partial charge in [0.15, 0.2) is 5.43 Å². The Labute approximate surface area is 139 Å². The van der Waals surface area contributed by atoms with Gasteiger partial charge in [0.2, 0.25) is 0 Å². The summed E-state index contributed by atoms with van der Waals surface area (Å²) in [6.07, 6.45) is 2.30. The van der Waals surface area contributed by atoms with E-state index >= 15 is 0 Å². The largest absolute Gasteiger partial charge is 0.496 e. The highest BCUT2D eigenvalue weighted by molar-refractivity contribution is 5.79. The predicted octanol–water partition coefficient (Wildman–Crippen LogP) is 4.35. The van der Waals surface area contributed by atoms with Crippen LogP contribution in [0.1, 0.15) is 24.3 Å². The van der Waals surface area contributed by atoms with Gasteiger partial charge in [0.25, 0.3) is 0 Å². The van der Waals surface area contributed by atoms with E-state index in [9.17, 15) is 4.79 Å². The summed E-state index contributed by atoms with van der Waals surface area (Å²) in [5.74, 6) is 2.57. The number of fused-ring (bicyclic) bond motifs is 1. The molecule has 0 amide bonds. The maximum Gasteiger partial charge on any atom is 0.193 e. The molecule has 1 aliphatic rings. The molecule has 4 nitrogen and oxygen atoms in total. The van der Waals surface area contributed by atoms with Gasteiger partial charge in [-0.25, -0.2) is 0 Å². The molecule has 1 fully saturated rings. The molecule has 0 radical (unpaired) electrons. The molecule has 24 heavy (non-hydrogen) atoms. The van der Waals surface area contributed by atoms with Crippen molar-refractivity contribution in [2.75, 3.05) is 14.2 Å². The van der Waals surface area contributed by atoms with Crippen LogP contribution in [0.2, 0.25) is 0 Å². The molecule has 0 unspecified atom stereocenters. The lowest BCUT2D eigenvalue weighted by atomic mass is 10.0. The van der Waals surface area contributed by atoms with Crippen molar-refractivity contribution in [3.05, 3.63) is 58.3 Å². The third-order valence-electron chi connectivity index (χ3n) is 4.45. The summed E-state index contributed by atoms with van der Waals surface area (Å²) in [5, 5.41) is 0.579. The van der Waals surface area contributed by atoms with E-state index in [-0.39, 0.29) is 5.43 Å². The predicted molar refractivity (Wildman–Crippen MR) is 93.0 cm³/mol. The van der Waals surface area contributed by atoms with Gasteiger partial charge in [0, 0.05) is 17.2 Å². The summed E-state index contributed by atoms with van der Waals surface area (Å²) in [5.41, 5.74) is 2.39. The molecule has 0 N–H and O–H groups in total. The molecule has 0 spiro atoms. The Hall–Kier alpha value is -2.75. The van der Waals surface area contributed by atoms with Crippen LogP contribution in [-0.2, 0) is 0 Å². The van der Waals surface area contributed by atoms with Crippen molar-refractivity contribution in [3.63, 3.8) is 0 Å². The van der Waals surface area contributed by atoms with Crippen molar-refractivity contribution in [1.29, 1.82) is 0 Å². The average molecular weight is 322 g/mol. The molecule has 3 aromatic rings. The van der Waals surface area contributed by atoms with Gasteiger partial charge in [-0.1, -0.05) is 12.1 Å². The van der Waals surface area contributed by atoms with Crippen LogP contribution in [0, 0.1) is 0 Å². The van der Waals surface area contributed by atoms with E-state index in [1.165, 1.54) is 6.07 Å². The highest BCUT2D eigenvalue weighted by atomic mass is 16.5. The first-order chi connectivity index (χ1) is 11.7. The zero-order valence-electron chi connectivity index (χ0n) is 13.7. The van der Waals surface area contributed by atoms with Gasteiger partial charge >= 0.3 is 0 Å². The van der Waals surface area contributed by atoms with Crippen molar-refractivity contribution in [2.24, 2.45) is 0 Å². The van der Waals surface area contributed by atoms with E-state index in [1.807, 2.05) is 24.3 Å². The van der Waals surface area contributed by atoms with E-state index in [1.54, 1.807) is 26.4 Å². The van der Waals surface area contributed by atoms with Gasteiger partial charge in [-0.2, -0.15) is 0 Å². The van der Waals surface area contributed by atoms with Gasteiger partial charge in [-0.05, 0) is 43.0 Å². The highest BCUT2D eigenvalue weighted by Crippen LogP contribution is 2.50. The van der Waals surface area contributed by atoms with Crippen LogP contribution in [0.3, 0.4) is 0 Å². The van der Waals surface area contributed by atoms with E-state index in [4.69, 9.17) is 13.9 Å². The monoisotopic (exact) mass is 322 g/mol. The third-order valence-corrected chi connectivity index (χ3v) is 4.45. The molecule has 1 aromatic heterocycles. The summed E-state index contributed by atoms with van der Waals surface area (Å²) in [6.45, 7) is 0. The van der Waals surface area contributed by atoms with Gasteiger partial charge in [0.05, 0.1) is 19.6 Å². The standard InChI is InChI=1S/C20H18O4/c1-22-18-9-13(10-19(23-2)20(18)12-7-8-12)17-11-15(21)14-5-3-4-6-16(14)24-17/h3-6,9-12H,7-8H2,1-2H3. The average Bonchev–Trinajstić information content (AvgIpc) is 3.45. The number of methoxy groups -OCH3 is 2. The molecule has 0 saturated heterocycles. The van der Waals surface area contributed by atoms with E-state index in [0.29, 0.717) is 22.6 Å². The second kappa shape index (κ2) is 5.71. The lowest BCUT2D eigenvalue weighted by Crippen LogP contribution is -2.01. The fraction of sp³-hybridized carbons (Fsp3) is 0.250. The maximum absolute atomic E-state index is 12.3. The molecule has 0 aliphatic heterocycles. The quantitative estimate of drug-likeness (QED) is 0.716. The minimum atomic E-state index is -0.0592. The normalized spacial score (nSPS) is 13.9. The number of para-hydroxylation sites is 1. The van der Waals surface area contributed by atoms with Crippen LogP contribution < -0.4 is 14.9 Å². The lowest BCUT2D eigenvalue weighted by molar-refractivity contribution is 0.385. The summed E-state index contributed by atoms with van der Waals surface area (Å²) >= 11 is 0. The summed E-state index contributed by atoms with van der Waals surface area (Å²) < 4.78 is 17.1. The van der Waals surface area contributed by atoms with E-state index in [0.717, 1.165) is 35.5 Å². The van der Waals surface area contributed by atoms with Gasteiger partial charge < -0.3 is 13.9 Å². The molecule has 1 heterocycles. The molecule has 0 bridgehead atoms. The molecule has 0 atom stereocenters.